The minimum absolute atomic E-state index is 0.0460. The van der Waals surface area contributed by atoms with Gasteiger partial charge in [0.25, 0.3) is 0 Å². The fourth-order valence-corrected chi connectivity index (χ4v) is 4.39. The van der Waals surface area contributed by atoms with Crippen molar-refractivity contribution in [1.29, 1.82) is 0 Å². The number of hydrogen-bond acceptors (Lipinski definition) is 2. The maximum absolute atomic E-state index is 12.9. The number of nitrogens with zero attached hydrogens (tertiary/aromatic N) is 1. The molecule has 0 spiro atoms. The number of hydrogen-bond donors (Lipinski definition) is 1. The summed E-state index contributed by atoms with van der Waals surface area (Å²) in [4.78, 5) is 14.3. The fraction of sp³-hybridized carbons (Fsp3) is 0.350. The van der Waals surface area contributed by atoms with Crippen molar-refractivity contribution in [3.8, 4) is 0 Å². The van der Waals surface area contributed by atoms with Gasteiger partial charge in [0.05, 0.1) is 0 Å². The highest BCUT2D eigenvalue weighted by molar-refractivity contribution is 7.99. The second-order valence-corrected chi connectivity index (χ2v) is 7.59. The van der Waals surface area contributed by atoms with Crippen molar-refractivity contribution >= 4 is 17.8 Å². The molecule has 1 heterocycles. The highest BCUT2D eigenvalue weighted by Gasteiger charge is 2.22. The van der Waals surface area contributed by atoms with Crippen LogP contribution in [0.5, 0.6) is 0 Å². The Labute approximate surface area is 152 Å². The summed E-state index contributed by atoms with van der Waals surface area (Å²) in [7, 11) is 0. The van der Waals surface area contributed by atoms with Crippen LogP contribution in [0.1, 0.15) is 28.4 Å². The second kappa shape index (κ2) is 8.39. The molecule has 0 aromatic heterocycles. The maximum Gasteiger partial charge on any atom is 0.317 e. The molecule has 2 amide bonds. The van der Waals surface area contributed by atoms with Gasteiger partial charge in [0.1, 0.15) is 5.82 Å². The zero-order valence-corrected chi connectivity index (χ0v) is 15.2. The van der Waals surface area contributed by atoms with E-state index in [9.17, 15) is 9.18 Å². The van der Waals surface area contributed by atoms with Gasteiger partial charge in [-0.15, -0.1) is 0 Å². The molecule has 2 aromatic rings. The molecule has 5 heteroatoms. The van der Waals surface area contributed by atoms with Gasteiger partial charge < -0.3 is 10.2 Å². The van der Waals surface area contributed by atoms with Crippen molar-refractivity contribution < 1.29 is 9.18 Å². The molecule has 1 unspecified atom stereocenters. The standard InChI is InChI=1S/C20H23FN2OS/c1-15-4-2-3-5-18(15)19-10-11-23(12-13-25-19)20(24)22-14-16-6-8-17(21)9-7-16/h2-9,19H,10-14H2,1H3,(H,22,24). The van der Waals surface area contributed by atoms with Gasteiger partial charge in [0.15, 0.2) is 0 Å². The van der Waals surface area contributed by atoms with Gasteiger partial charge in [0, 0.05) is 30.6 Å². The molecular formula is C20H23FN2OS. The number of carbonyl (C=O) groups excluding carboxylic acids is 1. The monoisotopic (exact) mass is 358 g/mol. The Morgan fingerprint density at radius 3 is 2.72 bits per heavy atom. The lowest BCUT2D eigenvalue weighted by Gasteiger charge is -2.21. The predicted octanol–water partition coefficient (Wildman–Crippen LogP) is 4.52. The van der Waals surface area contributed by atoms with Crippen molar-refractivity contribution in [3.05, 3.63) is 71.0 Å². The van der Waals surface area contributed by atoms with Crippen LogP contribution >= 0.6 is 11.8 Å². The Bertz CT molecular complexity index is 720. The average molecular weight is 358 g/mol. The molecule has 0 bridgehead atoms. The van der Waals surface area contributed by atoms with Crippen LogP contribution in [-0.4, -0.2) is 29.8 Å². The van der Waals surface area contributed by atoms with Crippen LogP contribution in [0.2, 0.25) is 0 Å². The lowest BCUT2D eigenvalue weighted by atomic mass is 10.0. The number of benzene rings is 2. The summed E-state index contributed by atoms with van der Waals surface area (Å²) >= 11 is 1.93. The Morgan fingerprint density at radius 2 is 1.96 bits per heavy atom. The maximum atomic E-state index is 12.9. The van der Waals surface area contributed by atoms with Gasteiger partial charge in [-0.25, -0.2) is 9.18 Å². The van der Waals surface area contributed by atoms with E-state index in [-0.39, 0.29) is 11.8 Å². The molecule has 3 rings (SSSR count). The molecule has 25 heavy (non-hydrogen) atoms. The third-order valence-corrected chi connectivity index (χ3v) is 5.83. The molecule has 1 aliphatic rings. The van der Waals surface area contributed by atoms with E-state index >= 15 is 0 Å². The van der Waals surface area contributed by atoms with Gasteiger partial charge in [-0.3, -0.25) is 0 Å². The molecule has 0 radical (unpaired) electrons. The molecule has 132 valence electrons. The Hall–Kier alpha value is -2.01. The lowest BCUT2D eigenvalue weighted by Crippen LogP contribution is -2.40. The van der Waals surface area contributed by atoms with E-state index in [1.165, 1.54) is 23.3 Å². The van der Waals surface area contributed by atoms with Gasteiger partial charge >= 0.3 is 6.03 Å². The number of aryl methyl sites for hydroxylation is 1. The van der Waals surface area contributed by atoms with E-state index in [1.807, 2.05) is 16.7 Å². The van der Waals surface area contributed by atoms with E-state index in [0.717, 1.165) is 30.8 Å². The first-order valence-electron chi connectivity index (χ1n) is 8.58. The first kappa shape index (κ1) is 17.8. The third-order valence-electron chi connectivity index (χ3n) is 4.52. The summed E-state index contributed by atoms with van der Waals surface area (Å²) in [5.74, 6) is 0.671. The highest BCUT2D eigenvalue weighted by atomic mass is 32.2. The van der Waals surface area contributed by atoms with Crippen molar-refractivity contribution in [2.24, 2.45) is 0 Å². The van der Waals surface area contributed by atoms with Gasteiger partial charge in [0.2, 0.25) is 0 Å². The lowest BCUT2D eigenvalue weighted by molar-refractivity contribution is 0.200. The van der Waals surface area contributed by atoms with Gasteiger partial charge in [-0.05, 0) is 42.2 Å². The normalized spacial score (nSPS) is 17.8. The minimum atomic E-state index is -0.262. The first-order chi connectivity index (χ1) is 12.1. The fourth-order valence-electron chi connectivity index (χ4n) is 3.06. The number of nitrogens with one attached hydrogen (secondary N) is 1. The zero-order valence-electron chi connectivity index (χ0n) is 14.4. The summed E-state index contributed by atoms with van der Waals surface area (Å²) in [6.07, 6.45) is 0.958. The summed E-state index contributed by atoms with van der Waals surface area (Å²) in [5.41, 5.74) is 3.59. The summed E-state index contributed by atoms with van der Waals surface area (Å²) in [5, 5.41) is 3.38. The summed E-state index contributed by atoms with van der Waals surface area (Å²) in [6.45, 7) is 4.07. The molecule has 2 aromatic carbocycles. The first-order valence-corrected chi connectivity index (χ1v) is 9.63. The van der Waals surface area contributed by atoms with E-state index in [1.54, 1.807) is 12.1 Å². The smallest absolute Gasteiger partial charge is 0.317 e. The Kier molecular flexibility index (Phi) is 5.97. The van der Waals surface area contributed by atoms with E-state index in [2.05, 4.69) is 36.5 Å². The molecular weight excluding hydrogens is 335 g/mol. The second-order valence-electron chi connectivity index (χ2n) is 6.28. The molecule has 1 atom stereocenters. The number of carbonyl (C=O) groups is 1. The number of thioether (sulfide) groups is 1. The Balaban J connectivity index is 1.54. The number of rotatable bonds is 3. The molecule has 1 aliphatic heterocycles. The zero-order chi connectivity index (χ0) is 17.6. The summed E-state index contributed by atoms with van der Waals surface area (Å²) < 4.78 is 12.9. The Morgan fingerprint density at radius 1 is 1.20 bits per heavy atom. The largest absolute Gasteiger partial charge is 0.334 e. The molecule has 0 saturated carbocycles. The van der Waals surface area contributed by atoms with E-state index in [0.29, 0.717) is 11.8 Å². The molecule has 1 saturated heterocycles. The van der Waals surface area contributed by atoms with Crippen LogP contribution in [0.25, 0.3) is 0 Å². The van der Waals surface area contributed by atoms with Crippen molar-refractivity contribution in [3.63, 3.8) is 0 Å². The third kappa shape index (κ3) is 4.75. The topological polar surface area (TPSA) is 32.3 Å². The highest BCUT2D eigenvalue weighted by Crippen LogP contribution is 2.35. The quantitative estimate of drug-likeness (QED) is 0.875. The van der Waals surface area contributed by atoms with Crippen LogP contribution in [-0.2, 0) is 6.54 Å². The molecule has 1 N–H and O–H groups in total. The SMILES string of the molecule is Cc1ccccc1C1CCN(C(=O)NCc2ccc(F)cc2)CCS1. The van der Waals surface area contributed by atoms with Crippen LogP contribution in [0.3, 0.4) is 0 Å². The summed E-state index contributed by atoms with van der Waals surface area (Å²) in [6, 6.07) is 14.7. The molecule has 1 fully saturated rings. The van der Waals surface area contributed by atoms with Crippen LogP contribution in [0.4, 0.5) is 9.18 Å². The average Bonchev–Trinajstić information content (AvgIpc) is 2.87. The van der Waals surface area contributed by atoms with Crippen molar-refractivity contribution in [2.45, 2.75) is 25.1 Å². The van der Waals surface area contributed by atoms with E-state index < -0.39 is 0 Å². The van der Waals surface area contributed by atoms with E-state index in [4.69, 9.17) is 0 Å². The minimum Gasteiger partial charge on any atom is -0.334 e. The number of urea groups is 1. The van der Waals surface area contributed by atoms with Gasteiger partial charge in [-0.2, -0.15) is 11.8 Å². The predicted molar refractivity (Wildman–Crippen MR) is 101 cm³/mol. The molecule has 0 aliphatic carbocycles. The van der Waals surface area contributed by atoms with Crippen LogP contribution in [0.15, 0.2) is 48.5 Å². The van der Waals surface area contributed by atoms with Gasteiger partial charge in [-0.1, -0.05) is 36.4 Å². The van der Waals surface area contributed by atoms with Crippen LogP contribution in [0, 0.1) is 12.7 Å². The molecule has 3 nitrogen and oxygen atoms in total. The van der Waals surface area contributed by atoms with Crippen LogP contribution < -0.4 is 5.32 Å². The van der Waals surface area contributed by atoms with Crippen molar-refractivity contribution in [1.82, 2.24) is 10.2 Å². The number of amides is 2. The number of halogens is 1. The van der Waals surface area contributed by atoms with Crippen molar-refractivity contribution in [2.75, 3.05) is 18.8 Å².